The van der Waals surface area contributed by atoms with E-state index in [0.717, 1.165) is 6.92 Å². The highest BCUT2D eigenvalue weighted by Crippen LogP contribution is 2.65. The molecule has 2 bridgehead atoms. The summed E-state index contributed by atoms with van der Waals surface area (Å²) in [7, 11) is 1.49. The second-order valence-electron chi connectivity index (χ2n) is 21.3. The monoisotopic (exact) mass is 1100 g/mol. The van der Waals surface area contributed by atoms with Crippen LogP contribution in [0, 0.1) is 16.7 Å². The standard InChI is InChI=1S/C54H60Cl3NO17/c1-28-34(60)25-53(66)43(73-45(62)32-18-14-11-15-19-32)41-51(8,42(61)39(37(28)50(53,6)7)72-48(65)69-27-54(55,56)57)35(24-36-52(41,26-68-36)74-29(2)59)70-46(63)40-38(30-16-12-10-13-17-30)58(47(64)75-49(3,4)5)44(71-40)31-20-22-33(67-9)23-21-31/h10-23,34-36,38-41,43-44,60,66H,24-27H2,1-9H3/t34-,35-,36+,38+,39+,40-,41-,43-,44?,51+,52-,53+/m0/s1. The van der Waals surface area contributed by atoms with Crippen molar-refractivity contribution in [2.75, 3.05) is 20.3 Å². The number of ether oxygens (including phenoxy) is 9. The van der Waals surface area contributed by atoms with Crippen LogP contribution in [0.2, 0.25) is 0 Å². The topological polar surface area (TPSA) is 229 Å². The number of nitrogens with zero attached hydrogens (tertiary/aromatic N) is 1. The number of carbonyl (C=O) groups excluding carboxylic acids is 6. The Morgan fingerprint density at radius 2 is 1.49 bits per heavy atom. The highest BCUT2D eigenvalue weighted by molar-refractivity contribution is 6.67. The molecular weight excluding hydrogens is 1040 g/mol. The van der Waals surface area contributed by atoms with Crippen molar-refractivity contribution in [1.29, 1.82) is 0 Å². The van der Waals surface area contributed by atoms with Gasteiger partial charge in [0.05, 0.1) is 36.7 Å². The quantitative estimate of drug-likeness (QED) is 0.0842. The maximum atomic E-state index is 16.5. The molecule has 12 atom stereocenters. The number of methoxy groups -OCH3 is 1. The van der Waals surface area contributed by atoms with Crippen molar-refractivity contribution in [3.05, 3.63) is 113 Å². The van der Waals surface area contributed by atoms with Crippen LogP contribution in [0.5, 0.6) is 5.75 Å². The summed E-state index contributed by atoms with van der Waals surface area (Å²) in [4.78, 5) is 89.8. The van der Waals surface area contributed by atoms with E-state index < -0.39 is 142 Å². The number of hydrogen-bond acceptors (Lipinski definition) is 17. The fourth-order valence-corrected chi connectivity index (χ4v) is 11.8. The molecule has 0 spiro atoms. The van der Waals surface area contributed by atoms with Gasteiger partial charge in [-0.2, -0.15) is 0 Å². The van der Waals surface area contributed by atoms with Crippen molar-refractivity contribution in [2.45, 2.75) is 138 Å². The third-order valence-corrected chi connectivity index (χ3v) is 15.5. The lowest BCUT2D eigenvalue weighted by atomic mass is 9.44. The fraction of sp³-hybridized carbons (Fsp3) is 0.519. The lowest BCUT2D eigenvalue weighted by molar-refractivity contribution is -0.346. The molecule has 4 fully saturated rings. The number of rotatable bonds is 10. The largest absolute Gasteiger partial charge is 0.509 e. The molecule has 18 nitrogen and oxygen atoms in total. The van der Waals surface area contributed by atoms with Crippen LogP contribution in [0.1, 0.15) is 102 Å². The number of benzene rings is 3. The third kappa shape index (κ3) is 10.2. The van der Waals surface area contributed by atoms with Gasteiger partial charge in [0.2, 0.25) is 3.79 Å². The Labute approximate surface area is 448 Å². The molecule has 75 heavy (non-hydrogen) atoms. The Kier molecular flexibility index (Phi) is 15.2. The van der Waals surface area contributed by atoms with Gasteiger partial charge in [-0.1, -0.05) is 109 Å². The van der Waals surface area contributed by atoms with Gasteiger partial charge >= 0.3 is 30.2 Å². The normalized spacial score (nSPS) is 32.0. The number of hydrogen-bond donors (Lipinski definition) is 2. The summed E-state index contributed by atoms with van der Waals surface area (Å²) in [6.45, 7) is 10.8. The second kappa shape index (κ2) is 20.5. The summed E-state index contributed by atoms with van der Waals surface area (Å²) in [6, 6.07) is 21.7. The Morgan fingerprint density at radius 1 is 0.867 bits per heavy atom. The maximum Gasteiger partial charge on any atom is 0.509 e. The number of aliphatic hydroxyl groups is 2. The molecule has 3 aliphatic carbocycles. The summed E-state index contributed by atoms with van der Waals surface area (Å²) in [5.74, 6) is -5.19. The number of aliphatic hydroxyl groups excluding tert-OH is 1. The molecule has 0 radical (unpaired) electrons. The number of halogens is 3. The summed E-state index contributed by atoms with van der Waals surface area (Å²) in [5.41, 5.74) is -8.62. The highest BCUT2D eigenvalue weighted by Gasteiger charge is 2.79. The van der Waals surface area contributed by atoms with Crippen LogP contribution in [-0.4, -0.2) is 129 Å². The smallest absolute Gasteiger partial charge is 0.497 e. The van der Waals surface area contributed by atoms with Crippen LogP contribution < -0.4 is 4.74 Å². The van der Waals surface area contributed by atoms with E-state index in [1.807, 2.05) is 0 Å². The van der Waals surface area contributed by atoms with Gasteiger partial charge in [-0.25, -0.2) is 19.2 Å². The van der Waals surface area contributed by atoms with E-state index in [0.29, 0.717) is 16.9 Å². The van der Waals surface area contributed by atoms with Gasteiger partial charge in [-0.15, -0.1) is 0 Å². The minimum atomic E-state index is -2.44. The third-order valence-electron chi connectivity index (χ3n) is 15.2. The molecule has 2 N–H and O–H groups in total. The molecule has 3 aromatic carbocycles. The SMILES string of the molecule is COc1ccc(C2O[C@H](C(=O)O[C@H]3C[C@H]4OC[C@@]4(OC(C)=O)[C@H]4[C@H](OC(=O)c5ccccc5)[C@]5(O)C[C@H](O)C(C)=C([C@@H](OC(=O)OCC(Cl)(Cl)Cl)C(=O)[C@]34C)C5(C)C)[C@@H](c3ccccc3)N2C(=O)OC(C)(C)C)cc1. The first-order valence-electron chi connectivity index (χ1n) is 24.3. The molecule has 0 aromatic heterocycles. The predicted octanol–water partition coefficient (Wildman–Crippen LogP) is 8.25. The molecule has 2 aliphatic heterocycles. The zero-order valence-electron chi connectivity index (χ0n) is 42.7. The molecule has 404 valence electrons. The molecule has 2 saturated heterocycles. The second-order valence-corrected chi connectivity index (χ2v) is 23.8. The molecule has 2 heterocycles. The van der Waals surface area contributed by atoms with Gasteiger partial charge in [0, 0.05) is 30.7 Å². The van der Waals surface area contributed by atoms with E-state index in [2.05, 4.69) is 0 Å². The number of esters is 3. The van der Waals surface area contributed by atoms with E-state index in [4.69, 9.17) is 77.4 Å². The van der Waals surface area contributed by atoms with Crippen LogP contribution in [0.15, 0.2) is 96.1 Å². The Bertz CT molecular complexity index is 2730. The minimum Gasteiger partial charge on any atom is -0.497 e. The van der Waals surface area contributed by atoms with E-state index in [-0.39, 0.29) is 23.1 Å². The van der Waals surface area contributed by atoms with Crippen molar-refractivity contribution in [3.63, 3.8) is 0 Å². The van der Waals surface area contributed by atoms with Crippen LogP contribution >= 0.6 is 34.8 Å². The average Bonchev–Trinajstić information content (AvgIpc) is 3.75. The number of alkyl halides is 3. The fourth-order valence-electron chi connectivity index (χ4n) is 11.6. The average molecular weight is 1100 g/mol. The van der Waals surface area contributed by atoms with Crippen molar-refractivity contribution in [3.8, 4) is 5.75 Å². The number of Topliss-reactive ketones (excluding diaryl/α,β-unsaturated/α-hetero) is 1. The van der Waals surface area contributed by atoms with E-state index in [1.54, 1.807) is 93.6 Å². The Balaban J connectivity index is 1.33. The first-order chi connectivity index (χ1) is 35.1. The summed E-state index contributed by atoms with van der Waals surface area (Å²) < 4.78 is 52.6. The van der Waals surface area contributed by atoms with Crippen molar-refractivity contribution in [2.24, 2.45) is 16.7 Å². The van der Waals surface area contributed by atoms with Gasteiger partial charge in [-0.05, 0) is 75.6 Å². The predicted molar refractivity (Wildman–Crippen MR) is 267 cm³/mol. The molecule has 2 saturated carbocycles. The van der Waals surface area contributed by atoms with E-state index in [1.165, 1.54) is 51.8 Å². The van der Waals surface area contributed by atoms with Gasteiger partial charge < -0.3 is 52.8 Å². The number of carbonyl (C=O) groups is 6. The Hall–Kier alpha value is -5.47. The molecule has 8 rings (SSSR count). The lowest BCUT2D eigenvalue weighted by Crippen LogP contribution is -2.82. The first-order valence-corrected chi connectivity index (χ1v) is 25.4. The molecule has 21 heteroatoms. The van der Waals surface area contributed by atoms with Crippen LogP contribution in [0.4, 0.5) is 9.59 Å². The van der Waals surface area contributed by atoms with E-state index in [9.17, 15) is 29.4 Å². The zero-order valence-corrected chi connectivity index (χ0v) is 45.0. The van der Waals surface area contributed by atoms with Gasteiger partial charge in [-0.3, -0.25) is 14.5 Å². The summed E-state index contributed by atoms with van der Waals surface area (Å²) >= 11 is 17.8. The number of amides is 1. The van der Waals surface area contributed by atoms with Gasteiger partial charge in [0.25, 0.3) is 0 Å². The lowest BCUT2D eigenvalue weighted by Gasteiger charge is -2.67. The molecule has 1 unspecified atom stereocenters. The van der Waals surface area contributed by atoms with Crippen molar-refractivity contribution < 1.29 is 81.6 Å². The summed E-state index contributed by atoms with van der Waals surface area (Å²) in [5, 5.41) is 25.7. The van der Waals surface area contributed by atoms with Crippen LogP contribution in [-0.2, 0) is 52.3 Å². The summed E-state index contributed by atoms with van der Waals surface area (Å²) in [6.07, 6.45) is -14.7. The Morgan fingerprint density at radius 3 is 2.05 bits per heavy atom. The van der Waals surface area contributed by atoms with Crippen LogP contribution in [0.3, 0.4) is 0 Å². The molecular formula is C54H60Cl3NO17. The van der Waals surface area contributed by atoms with Crippen molar-refractivity contribution in [1.82, 2.24) is 4.90 Å². The van der Waals surface area contributed by atoms with Gasteiger partial charge in [0.1, 0.15) is 47.9 Å². The maximum absolute atomic E-state index is 16.5. The number of ketones is 1. The molecule has 3 aromatic rings. The molecule has 5 aliphatic rings. The number of fused-ring (bicyclic) bond motifs is 5. The first kappa shape index (κ1) is 55.8. The van der Waals surface area contributed by atoms with Crippen molar-refractivity contribution >= 4 is 70.7 Å². The van der Waals surface area contributed by atoms with Gasteiger partial charge in [0.15, 0.2) is 29.8 Å². The van der Waals surface area contributed by atoms with E-state index >= 15 is 9.59 Å². The minimum absolute atomic E-state index is 0.0308. The zero-order chi connectivity index (χ0) is 54.8. The van der Waals surface area contributed by atoms with Crippen LogP contribution in [0.25, 0.3) is 0 Å². The molecule has 1 amide bonds. The highest BCUT2D eigenvalue weighted by atomic mass is 35.6.